The fraction of sp³-hybridized carbons (Fsp3) is 0.583. The van der Waals surface area contributed by atoms with E-state index in [0.29, 0.717) is 25.3 Å². The molecule has 3 N–H and O–H groups in total. The third-order valence-electron chi connectivity index (χ3n) is 3.42. The van der Waals surface area contributed by atoms with Gasteiger partial charge >= 0.3 is 0 Å². The van der Waals surface area contributed by atoms with Gasteiger partial charge < -0.3 is 10.8 Å². The summed E-state index contributed by atoms with van der Waals surface area (Å²) < 4.78 is 26.3. The summed E-state index contributed by atoms with van der Waals surface area (Å²) in [5, 5.41) is 8.96. The number of nitrogens with two attached hydrogens (primary N) is 1. The number of nitrogen functional groups attached to an aromatic ring is 1. The Labute approximate surface area is 113 Å². The number of hydrogen-bond donors (Lipinski definition) is 2. The van der Waals surface area contributed by atoms with Gasteiger partial charge in [0.2, 0.25) is 10.0 Å². The van der Waals surface area contributed by atoms with Crippen molar-refractivity contribution in [1.29, 1.82) is 0 Å². The largest absolute Gasteiger partial charge is 0.396 e. The van der Waals surface area contributed by atoms with Crippen molar-refractivity contribution in [2.24, 2.45) is 5.92 Å². The molecule has 1 saturated heterocycles. The zero-order valence-corrected chi connectivity index (χ0v) is 11.5. The number of hydrogen-bond acceptors (Lipinski definition) is 5. The molecule has 0 radical (unpaired) electrons. The van der Waals surface area contributed by atoms with Gasteiger partial charge in [-0.15, -0.1) is 0 Å². The highest BCUT2D eigenvalue weighted by molar-refractivity contribution is 7.89. The first kappa shape index (κ1) is 14.2. The molecule has 1 unspecified atom stereocenters. The highest BCUT2D eigenvalue weighted by atomic mass is 32.2. The zero-order chi connectivity index (χ0) is 13.9. The van der Waals surface area contributed by atoms with Crippen LogP contribution in [0.5, 0.6) is 0 Å². The second-order valence-corrected chi connectivity index (χ2v) is 6.74. The van der Waals surface area contributed by atoms with Crippen LogP contribution in [0.4, 0.5) is 5.82 Å². The van der Waals surface area contributed by atoms with Gasteiger partial charge in [0.05, 0.1) is 0 Å². The Bertz CT molecular complexity index is 514. The molecule has 0 aliphatic carbocycles. The first-order chi connectivity index (χ1) is 9.04. The number of aliphatic hydroxyl groups excluding tert-OH is 1. The predicted octanol–water partition coefficient (Wildman–Crippen LogP) is 0.447. The summed E-state index contributed by atoms with van der Waals surface area (Å²) >= 11 is 0. The highest BCUT2D eigenvalue weighted by Gasteiger charge is 2.30. The van der Waals surface area contributed by atoms with Gasteiger partial charge in [-0.3, -0.25) is 0 Å². The van der Waals surface area contributed by atoms with Crippen LogP contribution in [-0.4, -0.2) is 42.5 Å². The molecular weight excluding hydrogens is 266 g/mol. The molecule has 2 heterocycles. The first-order valence-electron chi connectivity index (χ1n) is 6.36. The van der Waals surface area contributed by atoms with E-state index in [2.05, 4.69) is 4.98 Å². The number of aromatic nitrogens is 1. The summed E-state index contributed by atoms with van der Waals surface area (Å²) in [6.45, 7) is 1.09. The number of rotatable bonds is 4. The Morgan fingerprint density at radius 1 is 1.47 bits per heavy atom. The number of anilines is 1. The van der Waals surface area contributed by atoms with Crippen molar-refractivity contribution in [3.05, 3.63) is 18.3 Å². The summed E-state index contributed by atoms with van der Waals surface area (Å²) in [6.07, 6.45) is 3.73. The van der Waals surface area contributed by atoms with E-state index in [1.54, 1.807) is 0 Å². The standard InChI is InChI=1S/C12H19N3O3S/c13-12-4-3-11(8-14-12)19(17,18)15-6-1-2-10(9-15)5-7-16/h3-4,8,10,16H,1-2,5-7,9H2,(H2,13,14). The maximum absolute atomic E-state index is 12.4. The van der Waals surface area contributed by atoms with E-state index in [0.717, 1.165) is 12.8 Å². The van der Waals surface area contributed by atoms with Gasteiger partial charge in [-0.2, -0.15) is 4.31 Å². The molecule has 0 saturated carbocycles. The van der Waals surface area contributed by atoms with Crippen LogP contribution in [0.3, 0.4) is 0 Å². The molecule has 2 rings (SSSR count). The minimum atomic E-state index is -3.50. The van der Waals surface area contributed by atoms with Crippen LogP contribution >= 0.6 is 0 Å². The molecule has 0 spiro atoms. The smallest absolute Gasteiger partial charge is 0.244 e. The number of sulfonamides is 1. The van der Waals surface area contributed by atoms with Crippen molar-refractivity contribution >= 4 is 15.8 Å². The molecule has 0 bridgehead atoms. The average Bonchev–Trinajstić information content (AvgIpc) is 2.40. The van der Waals surface area contributed by atoms with Gasteiger partial charge in [0.1, 0.15) is 10.7 Å². The molecule has 19 heavy (non-hydrogen) atoms. The van der Waals surface area contributed by atoms with Gasteiger partial charge in [0.25, 0.3) is 0 Å². The van der Waals surface area contributed by atoms with Crippen LogP contribution in [0, 0.1) is 5.92 Å². The lowest BCUT2D eigenvalue weighted by Crippen LogP contribution is -2.40. The van der Waals surface area contributed by atoms with Gasteiger partial charge in [0.15, 0.2) is 0 Å². The Balaban J connectivity index is 2.17. The molecule has 6 nitrogen and oxygen atoms in total. The summed E-state index contributed by atoms with van der Waals surface area (Å²) in [6, 6.07) is 2.97. The fourth-order valence-corrected chi connectivity index (χ4v) is 3.86. The van der Waals surface area contributed by atoms with Crippen LogP contribution in [0.25, 0.3) is 0 Å². The number of nitrogens with zero attached hydrogens (tertiary/aromatic N) is 2. The molecular formula is C12H19N3O3S. The summed E-state index contributed by atoms with van der Waals surface area (Å²) in [5.41, 5.74) is 5.46. The predicted molar refractivity (Wildman–Crippen MR) is 71.8 cm³/mol. The quantitative estimate of drug-likeness (QED) is 0.837. The van der Waals surface area contributed by atoms with E-state index in [-0.39, 0.29) is 17.4 Å². The molecule has 7 heteroatoms. The van der Waals surface area contributed by atoms with Crippen molar-refractivity contribution in [3.63, 3.8) is 0 Å². The summed E-state index contributed by atoms with van der Waals surface area (Å²) in [7, 11) is -3.50. The van der Waals surface area contributed by atoms with Gasteiger partial charge in [0, 0.05) is 25.9 Å². The minimum absolute atomic E-state index is 0.0992. The topological polar surface area (TPSA) is 96.5 Å². The Morgan fingerprint density at radius 3 is 2.89 bits per heavy atom. The SMILES string of the molecule is Nc1ccc(S(=O)(=O)N2CCCC(CCO)C2)cn1. The minimum Gasteiger partial charge on any atom is -0.396 e. The second-order valence-electron chi connectivity index (χ2n) is 4.80. The summed E-state index contributed by atoms with van der Waals surface area (Å²) in [5.74, 6) is 0.533. The lowest BCUT2D eigenvalue weighted by atomic mass is 9.97. The van der Waals surface area contributed by atoms with Crippen molar-refractivity contribution in [3.8, 4) is 0 Å². The Morgan fingerprint density at radius 2 is 2.26 bits per heavy atom. The maximum Gasteiger partial charge on any atom is 0.244 e. The summed E-state index contributed by atoms with van der Waals surface area (Å²) in [4.78, 5) is 4.00. The average molecular weight is 285 g/mol. The van der Waals surface area contributed by atoms with Crippen LogP contribution in [0.1, 0.15) is 19.3 Å². The van der Waals surface area contributed by atoms with Gasteiger partial charge in [-0.25, -0.2) is 13.4 Å². The van der Waals surface area contributed by atoms with Crippen molar-refractivity contribution in [2.45, 2.75) is 24.2 Å². The zero-order valence-electron chi connectivity index (χ0n) is 10.7. The van der Waals surface area contributed by atoms with Crippen molar-refractivity contribution < 1.29 is 13.5 Å². The van der Waals surface area contributed by atoms with E-state index in [1.807, 2.05) is 0 Å². The third-order valence-corrected chi connectivity index (χ3v) is 5.26. The maximum atomic E-state index is 12.4. The van der Waals surface area contributed by atoms with E-state index < -0.39 is 10.0 Å². The lowest BCUT2D eigenvalue weighted by Gasteiger charge is -2.31. The number of piperidine rings is 1. The van der Waals surface area contributed by atoms with E-state index in [9.17, 15) is 8.42 Å². The fourth-order valence-electron chi connectivity index (χ4n) is 2.36. The number of aliphatic hydroxyl groups is 1. The van der Waals surface area contributed by atoms with Crippen LogP contribution in [-0.2, 0) is 10.0 Å². The van der Waals surface area contributed by atoms with Gasteiger partial charge in [-0.05, 0) is 37.3 Å². The molecule has 1 aliphatic rings. The van der Waals surface area contributed by atoms with Crippen LogP contribution in [0.15, 0.2) is 23.2 Å². The van der Waals surface area contributed by atoms with Crippen LogP contribution in [0.2, 0.25) is 0 Å². The molecule has 1 aromatic heterocycles. The van der Waals surface area contributed by atoms with E-state index in [4.69, 9.17) is 10.8 Å². The second kappa shape index (κ2) is 5.85. The molecule has 0 amide bonds. The normalized spacial score (nSPS) is 21.4. The molecule has 1 atom stereocenters. The van der Waals surface area contributed by atoms with Crippen molar-refractivity contribution in [2.75, 3.05) is 25.4 Å². The molecule has 0 aromatic carbocycles. The molecule has 1 fully saturated rings. The Kier molecular flexibility index (Phi) is 4.38. The molecule has 1 aromatic rings. The Hall–Kier alpha value is -1.18. The monoisotopic (exact) mass is 285 g/mol. The molecule has 106 valence electrons. The number of pyridine rings is 1. The highest BCUT2D eigenvalue weighted by Crippen LogP contribution is 2.25. The molecule has 1 aliphatic heterocycles. The van der Waals surface area contributed by atoms with E-state index in [1.165, 1.54) is 22.6 Å². The van der Waals surface area contributed by atoms with Crippen molar-refractivity contribution in [1.82, 2.24) is 9.29 Å². The van der Waals surface area contributed by atoms with Crippen LogP contribution < -0.4 is 5.73 Å². The lowest BCUT2D eigenvalue weighted by molar-refractivity contribution is 0.203. The first-order valence-corrected chi connectivity index (χ1v) is 7.80. The third kappa shape index (κ3) is 3.23. The van der Waals surface area contributed by atoms with Gasteiger partial charge in [-0.1, -0.05) is 0 Å². The van der Waals surface area contributed by atoms with E-state index >= 15 is 0 Å².